The van der Waals surface area contributed by atoms with E-state index in [-0.39, 0.29) is 0 Å². The Labute approximate surface area is 114 Å². The normalized spacial score (nSPS) is 14.3. The highest BCUT2D eigenvalue weighted by Gasteiger charge is 2.02. The summed E-state index contributed by atoms with van der Waals surface area (Å²) in [6.45, 7) is 3.45. The van der Waals surface area contributed by atoms with E-state index in [1.54, 1.807) is 7.11 Å². The van der Waals surface area contributed by atoms with Crippen LogP contribution in [0.3, 0.4) is 0 Å². The zero-order valence-electron chi connectivity index (χ0n) is 11.3. The molecule has 0 radical (unpaired) electrons. The lowest BCUT2D eigenvalue weighted by atomic mass is 10.3. The van der Waals surface area contributed by atoms with E-state index in [0.717, 1.165) is 49.9 Å². The van der Waals surface area contributed by atoms with Crippen molar-refractivity contribution in [1.82, 2.24) is 10.6 Å². The molecule has 0 aliphatic carbocycles. The molecule has 1 aromatic carbocycles. The first-order valence-corrected chi connectivity index (χ1v) is 6.67. The number of rotatable bonds is 6. The Kier molecular flexibility index (Phi) is 5.34. The highest BCUT2D eigenvalue weighted by molar-refractivity contribution is 5.80. The number of aliphatic imine (C=N–C) groups is 1. The van der Waals surface area contributed by atoms with Crippen LogP contribution in [0.5, 0.6) is 11.5 Å². The zero-order valence-corrected chi connectivity index (χ0v) is 11.3. The van der Waals surface area contributed by atoms with Gasteiger partial charge >= 0.3 is 0 Å². The van der Waals surface area contributed by atoms with Crippen LogP contribution in [-0.4, -0.2) is 39.3 Å². The minimum absolute atomic E-state index is 0.674. The summed E-state index contributed by atoms with van der Waals surface area (Å²) in [5, 5.41) is 6.49. The van der Waals surface area contributed by atoms with E-state index >= 15 is 0 Å². The molecule has 0 fully saturated rings. The average molecular weight is 263 g/mol. The molecule has 2 N–H and O–H groups in total. The molecule has 2 rings (SSSR count). The van der Waals surface area contributed by atoms with E-state index in [4.69, 9.17) is 9.47 Å². The second-order valence-corrected chi connectivity index (χ2v) is 4.32. The average Bonchev–Trinajstić information content (AvgIpc) is 2.48. The Balaban J connectivity index is 1.62. The minimum atomic E-state index is 0.674. The van der Waals surface area contributed by atoms with Crippen molar-refractivity contribution < 1.29 is 9.47 Å². The smallest absolute Gasteiger partial charge is 0.191 e. The Morgan fingerprint density at radius 1 is 1.37 bits per heavy atom. The molecule has 0 amide bonds. The number of hydrogen-bond donors (Lipinski definition) is 2. The molecule has 104 valence electrons. The standard InChI is InChI=1S/C14H21N3O2/c1-18-12-5-2-6-13(11-12)19-10-4-9-17-14-15-7-3-8-16-14/h2,5-6,11H,3-4,7-10H2,1H3,(H2,15,16,17). The maximum atomic E-state index is 5.66. The van der Waals surface area contributed by atoms with Crippen LogP contribution in [0.25, 0.3) is 0 Å². The predicted molar refractivity (Wildman–Crippen MR) is 76.0 cm³/mol. The van der Waals surface area contributed by atoms with E-state index in [9.17, 15) is 0 Å². The van der Waals surface area contributed by atoms with E-state index in [1.165, 1.54) is 0 Å². The molecule has 0 atom stereocenters. The third-order valence-corrected chi connectivity index (χ3v) is 2.82. The third kappa shape index (κ3) is 4.69. The molecular formula is C14H21N3O2. The quantitative estimate of drug-likeness (QED) is 0.762. The molecule has 0 aromatic heterocycles. The lowest BCUT2D eigenvalue weighted by molar-refractivity contribution is 0.308. The Hall–Kier alpha value is -1.91. The maximum Gasteiger partial charge on any atom is 0.191 e. The second kappa shape index (κ2) is 7.51. The number of guanidine groups is 1. The molecule has 0 bridgehead atoms. The Morgan fingerprint density at radius 2 is 2.26 bits per heavy atom. The predicted octanol–water partition coefficient (Wildman–Crippen LogP) is 1.40. The van der Waals surface area contributed by atoms with Crippen LogP contribution in [0, 0.1) is 0 Å². The fourth-order valence-corrected chi connectivity index (χ4v) is 1.81. The van der Waals surface area contributed by atoms with Gasteiger partial charge in [-0.05, 0) is 25.0 Å². The summed E-state index contributed by atoms with van der Waals surface area (Å²) in [5.41, 5.74) is 0. The topological polar surface area (TPSA) is 54.9 Å². The van der Waals surface area contributed by atoms with Gasteiger partial charge < -0.3 is 20.1 Å². The number of methoxy groups -OCH3 is 1. The van der Waals surface area contributed by atoms with Crippen LogP contribution in [0.2, 0.25) is 0 Å². The fraction of sp³-hybridized carbons (Fsp3) is 0.500. The van der Waals surface area contributed by atoms with Crippen molar-refractivity contribution in [3.63, 3.8) is 0 Å². The van der Waals surface area contributed by atoms with Crippen molar-refractivity contribution >= 4 is 5.96 Å². The monoisotopic (exact) mass is 263 g/mol. The van der Waals surface area contributed by atoms with Gasteiger partial charge in [0.05, 0.1) is 13.7 Å². The molecule has 0 saturated heterocycles. The zero-order chi connectivity index (χ0) is 13.3. The lowest BCUT2D eigenvalue weighted by Crippen LogP contribution is -2.41. The molecule has 1 aliphatic rings. The van der Waals surface area contributed by atoms with Crippen LogP contribution < -0.4 is 20.1 Å². The van der Waals surface area contributed by atoms with Gasteiger partial charge in [-0.25, -0.2) is 0 Å². The minimum Gasteiger partial charge on any atom is -0.497 e. The first-order valence-electron chi connectivity index (χ1n) is 6.67. The molecule has 19 heavy (non-hydrogen) atoms. The third-order valence-electron chi connectivity index (χ3n) is 2.82. The summed E-state index contributed by atoms with van der Waals surface area (Å²) < 4.78 is 10.8. The van der Waals surface area contributed by atoms with Gasteiger partial charge in [0.25, 0.3) is 0 Å². The van der Waals surface area contributed by atoms with Crippen LogP contribution in [0.15, 0.2) is 29.3 Å². The Bertz CT molecular complexity index is 421. The van der Waals surface area contributed by atoms with E-state index in [1.807, 2.05) is 24.3 Å². The fourth-order valence-electron chi connectivity index (χ4n) is 1.81. The summed E-state index contributed by atoms with van der Waals surface area (Å²) in [4.78, 5) is 4.35. The molecular weight excluding hydrogens is 242 g/mol. The van der Waals surface area contributed by atoms with Gasteiger partial charge in [-0.15, -0.1) is 0 Å². The molecule has 0 unspecified atom stereocenters. The number of benzene rings is 1. The first-order chi connectivity index (χ1) is 9.38. The first kappa shape index (κ1) is 13.5. The van der Waals surface area contributed by atoms with E-state index in [0.29, 0.717) is 6.61 Å². The van der Waals surface area contributed by atoms with Gasteiger partial charge in [0.2, 0.25) is 0 Å². The van der Waals surface area contributed by atoms with Gasteiger partial charge in [-0.1, -0.05) is 6.07 Å². The van der Waals surface area contributed by atoms with Crippen molar-refractivity contribution in [2.45, 2.75) is 12.8 Å². The SMILES string of the molecule is COc1cccc(OCCCNC2=NCCCN2)c1. The van der Waals surface area contributed by atoms with Gasteiger partial charge in [0.1, 0.15) is 11.5 Å². The van der Waals surface area contributed by atoms with Crippen LogP contribution in [0.4, 0.5) is 0 Å². The van der Waals surface area contributed by atoms with E-state index in [2.05, 4.69) is 15.6 Å². The van der Waals surface area contributed by atoms with Crippen molar-refractivity contribution in [2.24, 2.45) is 4.99 Å². The molecule has 5 nitrogen and oxygen atoms in total. The van der Waals surface area contributed by atoms with Gasteiger partial charge in [-0.2, -0.15) is 0 Å². The summed E-state index contributed by atoms with van der Waals surface area (Å²) in [7, 11) is 1.65. The molecule has 0 spiro atoms. The molecule has 5 heteroatoms. The van der Waals surface area contributed by atoms with Gasteiger partial charge in [0, 0.05) is 25.7 Å². The maximum absolute atomic E-state index is 5.66. The van der Waals surface area contributed by atoms with Crippen LogP contribution >= 0.6 is 0 Å². The van der Waals surface area contributed by atoms with Gasteiger partial charge in [-0.3, -0.25) is 4.99 Å². The number of nitrogens with zero attached hydrogens (tertiary/aromatic N) is 1. The number of nitrogens with one attached hydrogen (secondary N) is 2. The largest absolute Gasteiger partial charge is 0.497 e. The van der Waals surface area contributed by atoms with Crippen molar-refractivity contribution in [3.8, 4) is 11.5 Å². The van der Waals surface area contributed by atoms with Crippen molar-refractivity contribution in [1.29, 1.82) is 0 Å². The highest BCUT2D eigenvalue weighted by Crippen LogP contribution is 2.18. The molecule has 1 aliphatic heterocycles. The highest BCUT2D eigenvalue weighted by atomic mass is 16.5. The summed E-state index contributed by atoms with van der Waals surface area (Å²) >= 11 is 0. The molecule has 0 saturated carbocycles. The lowest BCUT2D eigenvalue weighted by Gasteiger charge is -2.16. The van der Waals surface area contributed by atoms with Crippen molar-refractivity contribution in [2.75, 3.05) is 33.4 Å². The summed E-state index contributed by atoms with van der Waals surface area (Å²) in [6, 6.07) is 7.65. The van der Waals surface area contributed by atoms with Crippen molar-refractivity contribution in [3.05, 3.63) is 24.3 Å². The van der Waals surface area contributed by atoms with Crippen LogP contribution in [0.1, 0.15) is 12.8 Å². The second-order valence-electron chi connectivity index (χ2n) is 4.32. The van der Waals surface area contributed by atoms with Gasteiger partial charge in [0.15, 0.2) is 5.96 Å². The molecule has 1 aromatic rings. The number of hydrogen-bond acceptors (Lipinski definition) is 5. The Morgan fingerprint density at radius 3 is 3.05 bits per heavy atom. The van der Waals surface area contributed by atoms with E-state index < -0.39 is 0 Å². The summed E-state index contributed by atoms with van der Waals surface area (Å²) in [6.07, 6.45) is 2.04. The molecule has 1 heterocycles. The summed E-state index contributed by atoms with van der Waals surface area (Å²) in [5.74, 6) is 2.57. The number of ether oxygens (including phenoxy) is 2. The van der Waals surface area contributed by atoms with Crippen LogP contribution in [-0.2, 0) is 0 Å².